The van der Waals surface area contributed by atoms with Gasteiger partial charge in [-0.15, -0.1) is 0 Å². The molecule has 0 radical (unpaired) electrons. The van der Waals surface area contributed by atoms with Crippen molar-refractivity contribution in [3.8, 4) is 11.5 Å². The van der Waals surface area contributed by atoms with Crippen LogP contribution in [0.4, 0.5) is 0 Å². The van der Waals surface area contributed by atoms with E-state index in [2.05, 4.69) is 22.3 Å². The molecule has 2 aromatic rings. The molecule has 7 heteroatoms. The van der Waals surface area contributed by atoms with Gasteiger partial charge in [-0.2, -0.15) is 5.10 Å². The number of aromatic nitrogens is 4. The highest BCUT2D eigenvalue weighted by Crippen LogP contribution is 2.18. The van der Waals surface area contributed by atoms with Gasteiger partial charge in [0, 0.05) is 19.7 Å². The summed E-state index contributed by atoms with van der Waals surface area (Å²) in [6, 6.07) is 1.81. The van der Waals surface area contributed by atoms with E-state index < -0.39 is 0 Å². The van der Waals surface area contributed by atoms with Crippen LogP contribution in [0.25, 0.3) is 11.5 Å². The molecule has 0 bridgehead atoms. The largest absolute Gasteiger partial charge is 0.377 e. The Morgan fingerprint density at radius 1 is 1.59 bits per heavy atom. The van der Waals surface area contributed by atoms with Gasteiger partial charge >= 0.3 is 0 Å². The number of nitrogens with zero attached hydrogens (tertiary/aromatic N) is 3. The summed E-state index contributed by atoms with van der Waals surface area (Å²) in [6.45, 7) is 3.28. The summed E-state index contributed by atoms with van der Waals surface area (Å²) in [4.78, 5) is 0. The number of rotatable bonds is 5. The first-order valence-electron chi connectivity index (χ1n) is 5.36. The molecule has 1 N–H and O–H groups in total. The first-order chi connectivity index (χ1) is 8.26. The van der Waals surface area contributed by atoms with Gasteiger partial charge in [0.2, 0.25) is 0 Å². The zero-order chi connectivity index (χ0) is 12.3. The maximum Gasteiger partial charge on any atom is 0.195 e. The van der Waals surface area contributed by atoms with Crippen LogP contribution < -0.4 is 0 Å². The van der Waals surface area contributed by atoms with Crippen molar-refractivity contribution in [2.24, 2.45) is 0 Å². The molecule has 0 unspecified atom stereocenters. The normalized spacial score (nSPS) is 10.9. The summed E-state index contributed by atoms with van der Waals surface area (Å²) in [5.41, 5.74) is 0.665. The highest BCUT2D eigenvalue weighted by Gasteiger charge is 2.13. The van der Waals surface area contributed by atoms with Crippen LogP contribution in [-0.2, 0) is 17.9 Å². The van der Waals surface area contributed by atoms with Crippen molar-refractivity contribution in [2.75, 3.05) is 7.11 Å². The average Bonchev–Trinajstić information content (AvgIpc) is 2.89. The molecule has 6 nitrogen and oxygen atoms in total. The SMILES string of the molecule is CCCn1c(-c2cc(COC)on2)n[nH]c1=S. The van der Waals surface area contributed by atoms with E-state index in [1.807, 2.05) is 4.57 Å². The molecular formula is C10H14N4O2S. The highest BCUT2D eigenvalue weighted by molar-refractivity contribution is 7.71. The fourth-order valence-corrected chi connectivity index (χ4v) is 1.80. The van der Waals surface area contributed by atoms with E-state index in [9.17, 15) is 0 Å². The molecule has 0 saturated carbocycles. The van der Waals surface area contributed by atoms with Gasteiger partial charge < -0.3 is 9.26 Å². The molecule has 0 aliphatic heterocycles. The second-order valence-electron chi connectivity index (χ2n) is 3.62. The molecule has 0 saturated heterocycles. The molecule has 2 rings (SSSR count). The third kappa shape index (κ3) is 2.45. The third-order valence-electron chi connectivity index (χ3n) is 2.28. The fourth-order valence-electron chi connectivity index (χ4n) is 1.57. The standard InChI is InChI=1S/C10H14N4O2S/c1-3-4-14-9(11-12-10(14)17)8-5-7(6-15-2)16-13-8/h5H,3-4,6H2,1-2H3,(H,12,17). The molecule has 2 heterocycles. The van der Waals surface area contributed by atoms with Gasteiger partial charge in [-0.25, -0.2) is 0 Å². The van der Waals surface area contributed by atoms with Gasteiger partial charge in [0.1, 0.15) is 6.61 Å². The molecule has 0 aliphatic carbocycles. The number of H-pyrrole nitrogens is 1. The predicted molar refractivity (Wildman–Crippen MR) is 63.9 cm³/mol. The first-order valence-corrected chi connectivity index (χ1v) is 5.77. The number of nitrogens with one attached hydrogen (secondary N) is 1. The van der Waals surface area contributed by atoms with E-state index >= 15 is 0 Å². The summed E-state index contributed by atoms with van der Waals surface area (Å²) in [5, 5.41) is 10.9. The lowest BCUT2D eigenvalue weighted by Crippen LogP contribution is -1.99. The van der Waals surface area contributed by atoms with Crippen LogP contribution in [0.15, 0.2) is 10.6 Å². The molecule has 2 aromatic heterocycles. The number of ether oxygens (including phenoxy) is 1. The van der Waals surface area contributed by atoms with Crippen molar-refractivity contribution in [2.45, 2.75) is 26.5 Å². The lowest BCUT2D eigenvalue weighted by atomic mass is 10.3. The summed E-state index contributed by atoms with van der Waals surface area (Å²) < 4.78 is 12.6. The fraction of sp³-hybridized carbons (Fsp3) is 0.500. The number of hydrogen-bond donors (Lipinski definition) is 1. The maximum absolute atomic E-state index is 5.16. The lowest BCUT2D eigenvalue weighted by Gasteiger charge is -2.00. The van der Waals surface area contributed by atoms with Crippen LogP contribution in [0.2, 0.25) is 0 Å². The van der Waals surface area contributed by atoms with Crippen LogP contribution >= 0.6 is 12.2 Å². The van der Waals surface area contributed by atoms with E-state index in [1.54, 1.807) is 13.2 Å². The second-order valence-corrected chi connectivity index (χ2v) is 4.00. The highest BCUT2D eigenvalue weighted by atomic mass is 32.1. The zero-order valence-corrected chi connectivity index (χ0v) is 10.6. The molecular weight excluding hydrogens is 240 g/mol. The maximum atomic E-state index is 5.16. The Hall–Kier alpha value is -1.47. The molecule has 0 fully saturated rings. The molecule has 0 atom stereocenters. The number of methoxy groups -OCH3 is 1. The minimum absolute atomic E-state index is 0.395. The van der Waals surface area contributed by atoms with Gasteiger partial charge in [0.25, 0.3) is 0 Å². The predicted octanol–water partition coefficient (Wildman–Crippen LogP) is 2.15. The van der Waals surface area contributed by atoms with Gasteiger partial charge in [-0.3, -0.25) is 9.67 Å². The molecule has 17 heavy (non-hydrogen) atoms. The van der Waals surface area contributed by atoms with Crippen molar-refractivity contribution in [3.63, 3.8) is 0 Å². The summed E-state index contributed by atoms with van der Waals surface area (Å²) in [7, 11) is 1.61. The van der Waals surface area contributed by atoms with Crippen LogP contribution in [0.5, 0.6) is 0 Å². The Morgan fingerprint density at radius 2 is 2.41 bits per heavy atom. The van der Waals surface area contributed by atoms with Gasteiger partial charge in [0.05, 0.1) is 0 Å². The van der Waals surface area contributed by atoms with E-state index in [0.29, 0.717) is 28.7 Å². The average molecular weight is 254 g/mol. The van der Waals surface area contributed by atoms with Crippen molar-refractivity contribution in [1.29, 1.82) is 0 Å². The van der Waals surface area contributed by atoms with Gasteiger partial charge in [-0.05, 0) is 18.6 Å². The number of aromatic amines is 1. The van der Waals surface area contributed by atoms with Gasteiger partial charge in [0.15, 0.2) is 22.0 Å². The third-order valence-corrected chi connectivity index (χ3v) is 2.59. The molecule has 0 spiro atoms. The van der Waals surface area contributed by atoms with E-state index in [0.717, 1.165) is 13.0 Å². The van der Waals surface area contributed by atoms with Crippen molar-refractivity contribution in [3.05, 3.63) is 16.6 Å². The van der Waals surface area contributed by atoms with Crippen molar-refractivity contribution < 1.29 is 9.26 Å². The Balaban J connectivity index is 2.35. The van der Waals surface area contributed by atoms with E-state index in [1.165, 1.54) is 0 Å². The Bertz CT molecular complexity index is 542. The lowest BCUT2D eigenvalue weighted by molar-refractivity contribution is 0.156. The smallest absolute Gasteiger partial charge is 0.195 e. The van der Waals surface area contributed by atoms with Crippen LogP contribution in [0.1, 0.15) is 19.1 Å². The summed E-state index contributed by atoms with van der Waals surface area (Å²) in [6.07, 6.45) is 0.976. The molecule has 0 aromatic carbocycles. The van der Waals surface area contributed by atoms with Crippen LogP contribution in [0.3, 0.4) is 0 Å². The summed E-state index contributed by atoms with van der Waals surface area (Å²) in [5.74, 6) is 1.36. The summed E-state index contributed by atoms with van der Waals surface area (Å²) >= 11 is 5.16. The monoisotopic (exact) mass is 254 g/mol. The Morgan fingerprint density at radius 3 is 3.12 bits per heavy atom. The van der Waals surface area contributed by atoms with Crippen LogP contribution in [0, 0.1) is 4.77 Å². The zero-order valence-electron chi connectivity index (χ0n) is 9.77. The quantitative estimate of drug-likeness (QED) is 0.828. The molecule has 92 valence electrons. The number of hydrogen-bond acceptors (Lipinski definition) is 5. The van der Waals surface area contributed by atoms with E-state index in [-0.39, 0.29) is 0 Å². The Kier molecular flexibility index (Phi) is 3.70. The topological polar surface area (TPSA) is 68.9 Å². The minimum Gasteiger partial charge on any atom is -0.377 e. The second kappa shape index (κ2) is 5.24. The minimum atomic E-state index is 0.395. The van der Waals surface area contributed by atoms with Crippen LogP contribution in [-0.4, -0.2) is 27.0 Å². The van der Waals surface area contributed by atoms with Crippen molar-refractivity contribution in [1.82, 2.24) is 19.9 Å². The van der Waals surface area contributed by atoms with E-state index in [4.69, 9.17) is 21.5 Å². The molecule has 0 aliphatic rings. The van der Waals surface area contributed by atoms with Crippen molar-refractivity contribution >= 4 is 12.2 Å². The van der Waals surface area contributed by atoms with Gasteiger partial charge in [-0.1, -0.05) is 12.1 Å². The molecule has 0 amide bonds. The Labute approximate surface area is 104 Å². The first kappa shape index (κ1) is 12.0.